The van der Waals surface area contributed by atoms with Gasteiger partial charge in [0.25, 0.3) is 0 Å². The Bertz CT molecular complexity index is 1590. The highest BCUT2D eigenvalue weighted by Gasteiger charge is 2.34. The molecule has 0 aliphatic carbocycles. The number of aryl methyl sites for hydroxylation is 2. The number of carbonyl (C=O) groups is 2. The van der Waals surface area contributed by atoms with Crippen molar-refractivity contribution in [1.82, 2.24) is 19.9 Å². The number of nitrogens with zero attached hydrogens (tertiary/aromatic N) is 4. The van der Waals surface area contributed by atoms with Gasteiger partial charge in [-0.3, -0.25) is 9.59 Å². The van der Waals surface area contributed by atoms with Gasteiger partial charge in [0, 0.05) is 34.1 Å². The highest BCUT2D eigenvalue weighted by molar-refractivity contribution is 7.99. The molecule has 0 saturated heterocycles. The van der Waals surface area contributed by atoms with E-state index in [0.29, 0.717) is 27.4 Å². The first-order valence-corrected chi connectivity index (χ1v) is 15.6. The van der Waals surface area contributed by atoms with Gasteiger partial charge in [-0.05, 0) is 62.2 Å². The SMILES string of the molecule is COc1ccc(-c2csc(CN(C(=O)CSc3nc(C)cc(C)n3)C(C(=O)Nc3ccc4c(c3)OCO4)C(C)C)n2)cc1. The summed E-state index contributed by atoms with van der Waals surface area (Å²) >= 11 is 2.70. The maximum Gasteiger partial charge on any atom is 0.247 e. The van der Waals surface area contributed by atoms with Crippen LogP contribution in [0.25, 0.3) is 11.3 Å². The molecular formula is C31H33N5O5S2. The highest BCUT2D eigenvalue weighted by Crippen LogP contribution is 2.34. The summed E-state index contributed by atoms with van der Waals surface area (Å²) in [5.74, 6) is 1.30. The molecule has 0 bridgehead atoms. The van der Waals surface area contributed by atoms with Crippen LogP contribution in [0.2, 0.25) is 0 Å². The van der Waals surface area contributed by atoms with Crippen LogP contribution in [-0.2, 0) is 16.1 Å². The lowest BCUT2D eigenvalue weighted by molar-refractivity contribution is -0.138. The molecule has 1 aliphatic rings. The van der Waals surface area contributed by atoms with Crippen LogP contribution in [0, 0.1) is 19.8 Å². The number of benzene rings is 2. The van der Waals surface area contributed by atoms with E-state index in [-0.39, 0.29) is 36.8 Å². The standard InChI is InChI=1S/C31H33N5O5S2/c1-18(2)29(30(38)34-22-8-11-25-26(13-22)41-17-40-25)36(28(37)16-43-31-32-19(3)12-20(4)33-31)14-27-35-24(15-42-27)21-6-9-23(39-5)10-7-21/h6-13,15,18,29H,14,16-17H2,1-5H3,(H,34,38). The predicted molar refractivity (Wildman–Crippen MR) is 167 cm³/mol. The minimum atomic E-state index is -0.771. The van der Waals surface area contributed by atoms with Crippen LogP contribution in [0.15, 0.2) is 59.1 Å². The molecule has 2 aromatic heterocycles. The van der Waals surface area contributed by atoms with E-state index in [1.807, 2.05) is 63.4 Å². The van der Waals surface area contributed by atoms with Gasteiger partial charge in [-0.25, -0.2) is 15.0 Å². The molecule has 0 saturated carbocycles. The van der Waals surface area contributed by atoms with Gasteiger partial charge in [0.2, 0.25) is 18.6 Å². The smallest absolute Gasteiger partial charge is 0.247 e. The van der Waals surface area contributed by atoms with Crippen LogP contribution >= 0.6 is 23.1 Å². The Labute approximate surface area is 258 Å². The number of nitrogens with one attached hydrogen (secondary N) is 1. The van der Waals surface area contributed by atoms with Gasteiger partial charge in [-0.2, -0.15) is 0 Å². The first kappa shape index (κ1) is 30.3. The van der Waals surface area contributed by atoms with Crippen molar-refractivity contribution in [1.29, 1.82) is 0 Å². The van der Waals surface area contributed by atoms with E-state index in [9.17, 15) is 9.59 Å². The fourth-order valence-electron chi connectivity index (χ4n) is 4.73. The number of hydrogen-bond donors (Lipinski definition) is 1. The zero-order valence-electron chi connectivity index (χ0n) is 24.6. The van der Waals surface area contributed by atoms with Gasteiger partial charge in [0.1, 0.15) is 16.8 Å². The fraction of sp³-hybridized carbons (Fsp3) is 0.323. The summed E-state index contributed by atoms with van der Waals surface area (Å²) in [5, 5.41) is 6.17. The summed E-state index contributed by atoms with van der Waals surface area (Å²) in [7, 11) is 1.62. The first-order valence-electron chi connectivity index (χ1n) is 13.7. The summed E-state index contributed by atoms with van der Waals surface area (Å²) < 4.78 is 16.1. The maximum atomic E-state index is 13.9. The fourth-order valence-corrected chi connectivity index (χ4v) is 6.36. The van der Waals surface area contributed by atoms with Crippen LogP contribution in [0.5, 0.6) is 17.2 Å². The zero-order valence-corrected chi connectivity index (χ0v) is 26.3. The second-order valence-corrected chi connectivity index (χ2v) is 12.2. The molecule has 2 amide bonds. The zero-order chi connectivity index (χ0) is 30.5. The van der Waals surface area contributed by atoms with Gasteiger partial charge < -0.3 is 24.4 Å². The van der Waals surface area contributed by atoms with Gasteiger partial charge in [0.15, 0.2) is 16.7 Å². The Balaban J connectivity index is 1.40. The van der Waals surface area contributed by atoms with Crippen molar-refractivity contribution >= 4 is 40.6 Å². The summed E-state index contributed by atoms with van der Waals surface area (Å²) in [6.45, 7) is 7.95. The second-order valence-electron chi connectivity index (χ2n) is 10.3. The highest BCUT2D eigenvalue weighted by atomic mass is 32.2. The van der Waals surface area contributed by atoms with Crippen LogP contribution in [0.1, 0.15) is 30.2 Å². The van der Waals surface area contributed by atoms with E-state index in [1.165, 1.54) is 23.1 Å². The Morgan fingerprint density at radius 3 is 2.44 bits per heavy atom. The third-order valence-corrected chi connectivity index (χ3v) is 8.39. The number of methoxy groups -OCH3 is 1. The maximum absolute atomic E-state index is 13.9. The molecule has 0 radical (unpaired) electrons. The van der Waals surface area contributed by atoms with Gasteiger partial charge in [-0.1, -0.05) is 25.6 Å². The molecule has 1 atom stereocenters. The lowest BCUT2D eigenvalue weighted by Crippen LogP contribution is -2.50. The molecule has 1 unspecified atom stereocenters. The van der Waals surface area contributed by atoms with E-state index < -0.39 is 6.04 Å². The van der Waals surface area contributed by atoms with E-state index in [1.54, 1.807) is 30.2 Å². The van der Waals surface area contributed by atoms with Crippen molar-refractivity contribution in [2.24, 2.45) is 5.92 Å². The number of carbonyl (C=O) groups excluding carboxylic acids is 2. The molecule has 43 heavy (non-hydrogen) atoms. The minimum absolute atomic E-state index is 0.0696. The normalized spacial score (nSPS) is 12.7. The monoisotopic (exact) mass is 619 g/mol. The number of thiazole rings is 1. The quantitative estimate of drug-likeness (QED) is 0.166. The van der Waals surface area contributed by atoms with E-state index in [2.05, 4.69) is 15.3 Å². The number of thioether (sulfide) groups is 1. The molecule has 1 N–H and O–H groups in total. The Hall–Kier alpha value is -4.16. The van der Waals surface area contributed by atoms with Crippen LogP contribution in [0.4, 0.5) is 5.69 Å². The summed E-state index contributed by atoms with van der Waals surface area (Å²) in [6.07, 6.45) is 0. The van der Waals surface area contributed by atoms with Crippen LogP contribution in [0.3, 0.4) is 0 Å². The van der Waals surface area contributed by atoms with E-state index >= 15 is 0 Å². The average Bonchev–Trinajstić information content (AvgIpc) is 3.64. The molecule has 5 rings (SSSR count). The lowest BCUT2D eigenvalue weighted by Gasteiger charge is -2.33. The number of rotatable bonds is 11. The number of anilines is 1. The predicted octanol–water partition coefficient (Wildman–Crippen LogP) is 5.74. The van der Waals surface area contributed by atoms with Crippen LogP contribution < -0.4 is 19.5 Å². The molecule has 2 aromatic carbocycles. The molecule has 0 fully saturated rings. The number of aromatic nitrogens is 3. The molecule has 1 aliphatic heterocycles. The Kier molecular flexibility index (Phi) is 9.46. The van der Waals surface area contributed by atoms with E-state index in [4.69, 9.17) is 19.2 Å². The third-order valence-electron chi connectivity index (χ3n) is 6.73. The summed E-state index contributed by atoms with van der Waals surface area (Å²) in [4.78, 5) is 43.0. The topological polar surface area (TPSA) is 116 Å². The lowest BCUT2D eigenvalue weighted by atomic mass is 10.0. The molecule has 3 heterocycles. The van der Waals surface area contributed by atoms with Gasteiger partial charge >= 0.3 is 0 Å². The molecule has 0 spiro atoms. The van der Waals surface area contributed by atoms with Crippen molar-refractivity contribution in [3.05, 3.63) is 70.3 Å². The number of amides is 2. The largest absolute Gasteiger partial charge is 0.497 e. The van der Waals surface area contributed by atoms with Crippen molar-refractivity contribution < 1.29 is 23.8 Å². The molecular weight excluding hydrogens is 587 g/mol. The summed E-state index contributed by atoms with van der Waals surface area (Å²) in [5.41, 5.74) is 3.94. The van der Waals surface area contributed by atoms with Crippen molar-refractivity contribution in [2.45, 2.75) is 45.4 Å². The average molecular weight is 620 g/mol. The molecule has 12 heteroatoms. The molecule has 224 valence electrons. The summed E-state index contributed by atoms with van der Waals surface area (Å²) in [6, 6.07) is 14.0. The number of ether oxygens (including phenoxy) is 3. The van der Waals surface area contributed by atoms with Gasteiger partial charge in [-0.15, -0.1) is 11.3 Å². The third kappa shape index (κ3) is 7.44. The number of fused-ring (bicyclic) bond motifs is 1. The van der Waals surface area contributed by atoms with Crippen molar-refractivity contribution in [2.75, 3.05) is 25.0 Å². The Morgan fingerprint density at radius 1 is 1.02 bits per heavy atom. The van der Waals surface area contributed by atoms with E-state index in [0.717, 1.165) is 28.4 Å². The minimum Gasteiger partial charge on any atom is -0.497 e. The molecule has 4 aromatic rings. The number of hydrogen-bond acceptors (Lipinski definition) is 10. The Morgan fingerprint density at radius 2 is 1.74 bits per heavy atom. The van der Waals surface area contributed by atoms with Gasteiger partial charge in [0.05, 0.1) is 25.1 Å². The van der Waals surface area contributed by atoms with Crippen molar-refractivity contribution in [3.63, 3.8) is 0 Å². The molecule has 10 nitrogen and oxygen atoms in total. The second kappa shape index (κ2) is 13.4. The first-order chi connectivity index (χ1) is 20.7. The van der Waals surface area contributed by atoms with Crippen LogP contribution in [-0.4, -0.2) is 57.4 Å². The van der Waals surface area contributed by atoms with Crippen molar-refractivity contribution in [3.8, 4) is 28.5 Å².